The molecule has 4 N–H and O–H groups in total. The van der Waals surface area contributed by atoms with E-state index in [1.165, 1.54) is 0 Å². The van der Waals surface area contributed by atoms with Gasteiger partial charge in [0.2, 0.25) is 0 Å². The highest BCUT2D eigenvalue weighted by Gasteiger charge is 2.05. The van der Waals surface area contributed by atoms with Gasteiger partial charge < -0.3 is 25.6 Å². The number of hydrogen-bond acceptors (Lipinski definition) is 7. The number of anilines is 2. The maximum absolute atomic E-state index is 9.48. The number of nitrogens with two attached hydrogens (primary N) is 1. The Bertz CT molecular complexity index is 362. The fourth-order valence-electron chi connectivity index (χ4n) is 1.44. The van der Waals surface area contributed by atoms with Crippen molar-refractivity contribution >= 4 is 11.6 Å². The predicted molar refractivity (Wildman–Crippen MR) is 68.1 cm³/mol. The number of nitrogen functional groups attached to an aromatic ring is 1. The lowest BCUT2D eigenvalue weighted by atomic mass is 10.2. The summed E-state index contributed by atoms with van der Waals surface area (Å²) < 4.78 is 9.78. The molecule has 102 valence electrons. The Labute approximate surface area is 106 Å². The SMILES string of the molecule is COCc1nc(N)cc(NCCC(O)COC)n1. The summed E-state index contributed by atoms with van der Waals surface area (Å²) in [6, 6.07) is 1.64. The first-order chi connectivity index (χ1) is 8.65. The molecule has 1 aromatic rings. The van der Waals surface area contributed by atoms with E-state index in [-0.39, 0.29) is 0 Å². The molecule has 1 unspecified atom stereocenters. The quantitative estimate of drug-likeness (QED) is 0.602. The summed E-state index contributed by atoms with van der Waals surface area (Å²) in [7, 11) is 3.12. The van der Waals surface area contributed by atoms with Crippen molar-refractivity contribution in [2.75, 3.05) is 38.4 Å². The number of nitrogens with one attached hydrogen (secondary N) is 1. The number of hydrogen-bond donors (Lipinski definition) is 3. The zero-order valence-corrected chi connectivity index (χ0v) is 10.7. The highest BCUT2D eigenvalue weighted by Crippen LogP contribution is 2.09. The largest absolute Gasteiger partial charge is 0.391 e. The highest BCUT2D eigenvalue weighted by atomic mass is 16.5. The van der Waals surface area contributed by atoms with Crippen LogP contribution in [-0.4, -0.2) is 48.5 Å². The van der Waals surface area contributed by atoms with Gasteiger partial charge in [-0.05, 0) is 6.42 Å². The molecule has 0 radical (unpaired) electrons. The standard InChI is InChI=1S/C11H20N4O3/c1-17-6-8(16)3-4-13-10-5-9(12)14-11(15-10)7-18-2/h5,8,16H,3-4,6-7H2,1-2H3,(H3,12,13,14,15). The molecule has 0 spiro atoms. The molecule has 0 aliphatic rings. The number of nitrogens with zero attached hydrogens (tertiary/aromatic N) is 2. The van der Waals surface area contributed by atoms with E-state index in [1.807, 2.05) is 0 Å². The van der Waals surface area contributed by atoms with Crippen LogP contribution in [0.4, 0.5) is 11.6 Å². The molecule has 7 heteroatoms. The van der Waals surface area contributed by atoms with Crippen LogP contribution in [0.15, 0.2) is 6.07 Å². The number of aliphatic hydroxyl groups excluding tert-OH is 1. The fraction of sp³-hybridized carbons (Fsp3) is 0.636. The number of rotatable bonds is 8. The van der Waals surface area contributed by atoms with E-state index in [1.54, 1.807) is 20.3 Å². The van der Waals surface area contributed by atoms with E-state index in [9.17, 15) is 5.11 Å². The van der Waals surface area contributed by atoms with E-state index in [4.69, 9.17) is 15.2 Å². The van der Waals surface area contributed by atoms with Crippen LogP contribution in [-0.2, 0) is 16.1 Å². The summed E-state index contributed by atoms with van der Waals surface area (Å²) in [5, 5.41) is 12.5. The van der Waals surface area contributed by atoms with Crippen molar-refractivity contribution in [3.05, 3.63) is 11.9 Å². The van der Waals surface area contributed by atoms with Crippen LogP contribution < -0.4 is 11.1 Å². The average molecular weight is 256 g/mol. The second-order valence-corrected chi connectivity index (χ2v) is 3.85. The Morgan fingerprint density at radius 2 is 2.17 bits per heavy atom. The minimum Gasteiger partial charge on any atom is -0.391 e. The normalized spacial score (nSPS) is 12.4. The molecule has 0 saturated carbocycles. The van der Waals surface area contributed by atoms with Crippen molar-refractivity contribution in [1.82, 2.24) is 9.97 Å². The molecule has 1 rings (SSSR count). The monoisotopic (exact) mass is 256 g/mol. The lowest BCUT2D eigenvalue weighted by molar-refractivity contribution is 0.0615. The van der Waals surface area contributed by atoms with Crippen molar-refractivity contribution < 1.29 is 14.6 Å². The summed E-state index contributed by atoms with van der Waals surface area (Å²) in [4.78, 5) is 8.25. The van der Waals surface area contributed by atoms with E-state index in [0.29, 0.717) is 43.6 Å². The molecule has 0 bridgehead atoms. The molecule has 0 amide bonds. The van der Waals surface area contributed by atoms with Crippen molar-refractivity contribution in [1.29, 1.82) is 0 Å². The second-order valence-electron chi connectivity index (χ2n) is 3.85. The Kier molecular flexibility index (Phi) is 6.34. The van der Waals surface area contributed by atoms with Gasteiger partial charge >= 0.3 is 0 Å². The van der Waals surface area contributed by atoms with Gasteiger partial charge in [-0.1, -0.05) is 0 Å². The van der Waals surface area contributed by atoms with Crippen LogP contribution >= 0.6 is 0 Å². The molecule has 0 fully saturated rings. The minimum absolute atomic E-state index is 0.312. The third-order valence-corrected chi connectivity index (χ3v) is 2.21. The number of ether oxygens (including phenoxy) is 2. The molecular formula is C11H20N4O3. The maximum Gasteiger partial charge on any atom is 0.158 e. The lowest BCUT2D eigenvalue weighted by Gasteiger charge is -2.11. The predicted octanol–water partition coefficient (Wildman–Crippen LogP) is 0.0145. The van der Waals surface area contributed by atoms with Crippen LogP contribution in [0, 0.1) is 0 Å². The van der Waals surface area contributed by atoms with Gasteiger partial charge in [-0.2, -0.15) is 0 Å². The third kappa shape index (κ3) is 5.26. The molecule has 18 heavy (non-hydrogen) atoms. The van der Waals surface area contributed by atoms with Gasteiger partial charge in [0.25, 0.3) is 0 Å². The third-order valence-electron chi connectivity index (χ3n) is 2.21. The zero-order valence-electron chi connectivity index (χ0n) is 10.7. The van der Waals surface area contributed by atoms with Crippen molar-refractivity contribution in [3.8, 4) is 0 Å². The maximum atomic E-state index is 9.48. The lowest BCUT2D eigenvalue weighted by Crippen LogP contribution is -2.19. The average Bonchev–Trinajstić information content (AvgIpc) is 2.29. The fourth-order valence-corrected chi connectivity index (χ4v) is 1.44. The molecule has 1 atom stereocenters. The molecule has 1 aromatic heterocycles. The minimum atomic E-state index is -0.486. The van der Waals surface area contributed by atoms with Gasteiger partial charge in [0, 0.05) is 26.8 Å². The first-order valence-corrected chi connectivity index (χ1v) is 5.69. The van der Waals surface area contributed by atoms with Gasteiger partial charge in [0.15, 0.2) is 5.82 Å². The summed E-state index contributed by atoms with van der Waals surface area (Å²) in [6.07, 6.45) is 0.0808. The molecule has 7 nitrogen and oxygen atoms in total. The first kappa shape index (κ1) is 14.6. The number of methoxy groups -OCH3 is 2. The van der Waals surface area contributed by atoms with Crippen molar-refractivity contribution in [2.45, 2.75) is 19.1 Å². The summed E-state index contributed by atoms with van der Waals surface area (Å²) in [6.45, 7) is 1.21. The van der Waals surface area contributed by atoms with Gasteiger partial charge in [-0.15, -0.1) is 0 Å². The Morgan fingerprint density at radius 3 is 2.83 bits per heavy atom. The van der Waals surface area contributed by atoms with Crippen molar-refractivity contribution in [2.24, 2.45) is 0 Å². The summed E-state index contributed by atoms with van der Waals surface area (Å²) in [5.41, 5.74) is 5.65. The molecule has 1 heterocycles. The molecule has 0 aliphatic heterocycles. The van der Waals surface area contributed by atoms with E-state index in [0.717, 1.165) is 0 Å². The number of aliphatic hydroxyl groups is 1. The topological polar surface area (TPSA) is 103 Å². The van der Waals surface area contributed by atoms with E-state index < -0.39 is 6.10 Å². The van der Waals surface area contributed by atoms with Crippen LogP contribution in [0.3, 0.4) is 0 Å². The van der Waals surface area contributed by atoms with Gasteiger partial charge in [-0.3, -0.25) is 0 Å². The molecule has 0 aromatic carbocycles. The Hall–Kier alpha value is -1.44. The smallest absolute Gasteiger partial charge is 0.158 e. The molecule has 0 saturated heterocycles. The van der Waals surface area contributed by atoms with E-state index >= 15 is 0 Å². The zero-order chi connectivity index (χ0) is 13.4. The first-order valence-electron chi connectivity index (χ1n) is 5.69. The Morgan fingerprint density at radius 1 is 1.39 bits per heavy atom. The van der Waals surface area contributed by atoms with Gasteiger partial charge in [0.1, 0.15) is 18.2 Å². The summed E-state index contributed by atoms with van der Waals surface area (Å²) >= 11 is 0. The van der Waals surface area contributed by atoms with E-state index in [2.05, 4.69) is 15.3 Å². The second kappa shape index (κ2) is 7.80. The Balaban J connectivity index is 2.46. The van der Waals surface area contributed by atoms with Crippen LogP contribution in [0.5, 0.6) is 0 Å². The summed E-state index contributed by atoms with van der Waals surface area (Å²) in [5.74, 6) is 1.54. The van der Waals surface area contributed by atoms with Crippen LogP contribution in [0.25, 0.3) is 0 Å². The van der Waals surface area contributed by atoms with Gasteiger partial charge in [0.05, 0.1) is 12.7 Å². The van der Waals surface area contributed by atoms with Crippen LogP contribution in [0.1, 0.15) is 12.2 Å². The van der Waals surface area contributed by atoms with Crippen molar-refractivity contribution in [3.63, 3.8) is 0 Å². The van der Waals surface area contributed by atoms with Gasteiger partial charge in [-0.25, -0.2) is 9.97 Å². The van der Waals surface area contributed by atoms with Crippen LogP contribution in [0.2, 0.25) is 0 Å². The molecular weight excluding hydrogens is 236 g/mol. The number of aromatic nitrogens is 2. The highest BCUT2D eigenvalue weighted by molar-refractivity contribution is 5.44. The molecule has 0 aliphatic carbocycles.